The number of hydrogen-bond donors (Lipinski definition) is 2. The van der Waals surface area contributed by atoms with E-state index in [0.717, 1.165) is 16.6 Å². The number of H-pyrrole nitrogens is 1. The van der Waals surface area contributed by atoms with Crippen LogP contribution in [0.4, 0.5) is 10.5 Å². The summed E-state index contributed by atoms with van der Waals surface area (Å²) in [7, 11) is 0. The Hall–Kier alpha value is -3.61. The topological polar surface area (TPSA) is 91.5 Å². The number of carbonyl (C=O) groups is 3. The molecule has 2 heterocycles. The summed E-state index contributed by atoms with van der Waals surface area (Å²) in [6, 6.07) is 16.6. The first-order chi connectivity index (χ1) is 15.0. The van der Waals surface area contributed by atoms with Crippen LogP contribution in [0.3, 0.4) is 0 Å². The van der Waals surface area contributed by atoms with Crippen molar-refractivity contribution in [3.05, 3.63) is 66.4 Å². The number of para-hydroxylation sites is 2. The minimum absolute atomic E-state index is 0.180. The van der Waals surface area contributed by atoms with E-state index >= 15 is 0 Å². The number of piperidine rings is 1. The third kappa shape index (κ3) is 4.60. The largest absolute Gasteiger partial charge is 0.454 e. The SMILES string of the molecule is C[C@@H](OC(=O)C1CCN(C(=O)Nc2ccccc2)CC1)C(=O)c1c[nH]c2ccccc12. The van der Waals surface area contributed by atoms with E-state index in [-0.39, 0.29) is 23.7 Å². The molecule has 7 nitrogen and oxygen atoms in total. The molecule has 0 radical (unpaired) electrons. The monoisotopic (exact) mass is 419 g/mol. The molecule has 160 valence electrons. The van der Waals surface area contributed by atoms with Gasteiger partial charge in [0.15, 0.2) is 6.10 Å². The second kappa shape index (κ2) is 9.04. The number of Topliss-reactive ketones (excluding diaryl/α,β-unsaturated/α-hetero) is 1. The highest BCUT2D eigenvalue weighted by atomic mass is 16.5. The molecule has 0 unspecified atom stereocenters. The van der Waals surface area contributed by atoms with Crippen molar-refractivity contribution < 1.29 is 19.1 Å². The van der Waals surface area contributed by atoms with Crippen LogP contribution in [0.25, 0.3) is 10.9 Å². The Kier molecular flexibility index (Phi) is 6.02. The third-order valence-corrected chi connectivity index (χ3v) is 5.66. The number of fused-ring (bicyclic) bond motifs is 1. The van der Waals surface area contributed by atoms with Crippen molar-refractivity contribution in [2.45, 2.75) is 25.9 Å². The number of urea groups is 1. The van der Waals surface area contributed by atoms with Crippen LogP contribution in [0, 0.1) is 5.92 Å². The zero-order valence-corrected chi connectivity index (χ0v) is 17.3. The second-order valence-corrected chi connectivity index (χ2v) is 7.75. The van der Waals surface area contributed by atoms with Gasteiger partial charge in [0.2, 0.25) is 5.78 Å². The van der Waals surface area contributed by atoms with Crippen LogP contribution in [0.5, 0.6) is 0 Å². The van der Waals surface area contributed by atoms with Gasteiger partial charge in [-0.15, -0.1) is 0 Å². The molecule has 0 aliphatic carbocycles. The molecule has 7 heteroatoms. The summed E-state index contributed by atoms with van der Waals surface area (Å²) in [4.78, 5) is 42.6. The maximum atomic E-state index is 12.8. The van der Waals surface area contributed by atoms with Crippen LogP contribution in [-0.2, 0) is 9.53 Å². The zero-order valence-electron chi connectivity index (χ0n) is 17.3. The highest BCUT2D eigenvalue weighted by molar-refractivity contribution is 6.10. The van der Waals surface area contributed by atoms with Gasteiger partial charge >= 0.3 is 12.0 Å². The van der Waals surface area contributed by atoms with Gasteiger partial charge in [-0.3, -0.25) is 9.59 Å². The van der Waals surface area contributed by atoms with Gasteiger partial charge in [-0.2, -0.15) is 0 Å². The van der Waals surface area contributed by atoms with E-state index in [2.05, 4.69) is 10.3 Å². The maximum Gasteiger partial charge on any atom is 0.321 e. The lowest BCUT2D eigenvalue weighted by Crippen LogP contribution is -2.43. The van der Waals surface area contributed by atoms with E-state index in [4.69, 9.17) is 4.74 Å². The average molecular weight is 419 g/mol. The summed E-state index contributed by atoms with van der Waals surface area (Å²) < 4.78 is 5.49. The minimum Gasteiger partial charge on any atom is -0.454 e. The van der Waals surface area contributed by atoms with E-state index in [1.807, 2.05) is 54.6 Å². The van der Waals surface area contributed by atoms with E-state index in [1.165, 1.54) is 0 Å². The molecule has 0 saturated carbocycles. The molecule has 1 aliphatic heterocycles. The van der Waals surface area contributed by atoms with Crippen LogP contribution in [0.15, 0.2) is 60.8 Å². The molecule has 2 amide bonds. The number of aromatic nitrogens is 1. The van der Waals surface area contributed by atoms with Gasteiger partial charge < -0.3 is 19.9 Å². The molecule has 1 saturated heterocycles. The number of ketones is 1. The van der Waals surface area contributed by atoms with Gasteiger partial charge in [-0.05, 0) is 38.0 Å². The van der Waals surface area contributed by atoms with Crippen LogP contribution >= 0.6 is 0 Å². The molecule has 0 spiro atoms. The Bertz CT molecular complexity index is 1080. The number of carbonyl (C=O) groups excluding carboxylic acids is 3. The number of likely N-dealkylation sites (tertiary alicyclic amines) is 1. The predicted octanol–water partition coefficient (Wildman–Crippen LogP) is 4.23. The van der Waals surface area contributed by atoms with Crippen LogP contribution in [0.1, 0.15) is 30.1 Å². The lowest BCUT2D eigenvalue weighted by Gasteiger charge is -2.31. The lowest BCUT2D eigenvalue weighted by molar-refractivity contribution is -0.152. The molecule has 1 aliphatic rings. The number of rotatable bonds is 5. The van der Waals surface area contributed by atoms with Crippen molar-refractivity contribution in [3.63, 3.8) is 0 Å². The van der Waals surface area contributed by atoms with Crippen molar-refractivity contribution in [1.82, 2.24) is 9.88 Å². The van der Waals surface area contributed by atoms with Crippen molar-refractivity contribution in [2.75, 3.05) is 18.4 Å². The van der Waals surface area contributed by atoms with Crippen molar-refractivity contribution in [1.29, 1.82) is 0 Å². The molecule has 1 aromatic heterocycles. The molecule has 1 fully saturated rings. The summed E-state index contributed by atoms with van der Waals surface area (Å²) >= 11 is 0. The third-order valence-electron chi connectivity index (χ3n) is 5.66. The highest BCUT2D eigenvalue weighted by Crippen LogP contribution is 2.23. The smallest absolute Gasteiger partial charge is 0.321 e. The van der Waals surface area contributed by atoms with E-state index < -0.39 is 6.10 Å². The molecule has 2 N–H and O–H groups in total. The highest BCUT2D eigenvalue weighted by Gasteiger charge is 2.31. The maximum absolute atomic E-state index is 12.8. The van der Waals surface area contributed by atoms with E-state index in [9.17, 15) is 14.4 Å². The normalized spacial score (nSPS) is 15.5. The number of hydrogen-bond acceptors (Lipinski definition) is 4. The fourth-order valence-corrected chi connectivity index (χ4v) is 3.86. The molecule has 2 aromatic carbocycles. The van der Waals surface area contributed by atoms with Crippen molar-refractivity contribution in [2.24, 2.45) is 5.92 Å². The van der Waals surface area contributed by atoms with E-state index in [0.29, 0.717) is 31.5 Å². The first-order valence-corrected chi connectivity index (χ1v) is 10.4. The minimum atomic E-state index is -0.869. The van der Waals surface area contributed by atoms with E-state index in [1.54, 1.807) is 18.0 Å². The summed E-state index contributed by atoms with van der Waals surface area (Å²) in [5.74, 6) is -0.937. The number of esters is 1. The number of ether oxygens (including phenoxy) is 1. The molecule has 0 bridgehead atoms. The Balaban J connectivity index is 1.29. The van der Waals surface area contributed by atoms with Gasteiger partial charge in [-0.25, -0.2) is 4.79 Å². The summed E-state index contributed by atoms with van der Waals surface area (Å²) in [6.07, 6.45) is 1.80. The van der Waals surface area contributed by atoms with Crippen molar-refractivity contribution >= 4 is 34.4 Å². The lowest BCUT2D eigenvalue weighted by atomic mass is 9.97. The fourth-order valence-electron chi connectivity index (χ4n) is 3.86. The molecule has 4 rings (SSSR count). The molecular weight excluding hydrogens is 394 g/mol. The molecular formula is C24H25N3O4. The number of nitrogens with zero attached hydrogens (tertiary/aromatic N) is 1. The first-order valence-electron chi connectivity index (χ1n) is 10.4. The van der Waals surface area contributed by atoms with Crippen LogP contribution < -0.4 is 5.32 Å². The zero-order chi connectivity index (χ0) is 21.8. The standard InChI is InChI=1S/C24H25N3O4/c1-16(22(28)20-15-25-21-10-6-5-9-19(20)21)31-23(29)17-11-13-27(14-12-17)24(30)26-18-7-3-2-4-8-18/h2-10,15-17,25H,11-14H2,1H3,(H,26,30)/t16-/m1/s1. The first kappa shape index (κ1) is 20.7. The van der Waals surface area contributed by atoms with Gasteiger partial charge in [0.25, 0.3) is 0 Å². The predicted molar refractivity (Wildman–Crippen MR) is 118 cm³/mol. The molecule has 31 heavy (non-hydrogen) atoms. The van der Waals surface area contributed by atoms with Gasteiger partial charge in [-0.1, -0.05) is 36.4 Å². The summed E-state index contributed by atoms with van der Waals surface area (Å²) in [5.41, 5.74) is 2.12. The molecule has 3 aromatic rings. The van der Waals surface area contributed by atoms with Crippen LogP contribution in [-0.4, -0.2) is 46.9 Å². The number of anilines is 1. The van der Waals surface area contributed by atoms with Gasteiger partial charge in [0.1, 0.15) is 0 Å². The number of amides is 2. The van der Waals surface area contributed by atoms with Crippen LogP contribution in [0.2, 0.25) is 0 Å². The second-order valence-electron chi connectivity index (χ2n) is 7.75. The van der Waals surface area contributed by atoms with Gasteiger partial charge in [0.05, 0.1) is 5.92 Å². The average Bonchev–Trinajstić information content (AvgIpc) is 3.23. The number of aromatic amines is 1. The fraction of sp³-hybridized carbons (Fsp3) is 0.292. The van der Waals surface area contributed by atoms with Crippen molar-refractivity contribution in [3.8, 4) is 0 Å². The summed E-state index contributed by atoms with van der Waals surface area (Å²) in [6.45, 7) is 2.52. The summed E-state index contributed by atoms with van der Waals surface area (Å²) in [5, 5.41) is 3.67. The quantitative estimate of drug-likeness (QED) is 0.478. The number of benzene rings is 2. The Morgan fingerprint density at radius 3 is 2.45 bits per heavy atom. The molecule has 1 atom stereocenters. The van der Waals surface area contributed by atoms with Gasteiger partial charge in [0, 0.05) is 41.4 Å². The Labute approximate surface area is 180 Å². The Morgan fingerprint density at radius 2 is 1.71 bits per heavy atom. The Morgan fingerprint density at radius 1 is 1.03 bits per heavy atom. The number of nitrogens with one attached hydrogen (secondary N) is 2.